The molecule has 6 heteroatoms. The molecule has 0 aromatic carbocycles. The SMILES string of the molecule is OCC(O)CSc1ccnc2cc(Br)cnc12. The van der Waals surface area contributed by atoms with E-state index in [1.807, 2.05) is 12.1 Å². The van der Waals surface area contributed by atoms with E-state index in [2.05, 4.69) is 25.9 Å². The summed E-state index contributed by atoms with van der Waals surface area (Å²) in [5.74, 6) is 0.438. The van der Waals surface area contributed by atoms with Crippen molar-refractivity contribution in [1.82, 2.24) is 9.97 Å². The predicted octanol–water partition coefficient (Wildman–Crippen LogP) is 1.84. The molecule has 1 unspecified atom stereocenters. The zero-order valence-electron chi connectivity index (χ0n) is 8.88. The van der Waals surface area contributed by atoms with Crippen LogP contribution in [0.3, 0.4) is 0 Å². The number of halogens is 1. The third-order valence-electron chi connectivity index (χ3n) is 2.15. The second kappa shape index (κ2) is 5.77. The number of hydrogen-bond donors (Lipinski definition) is 2. The van der Waals surface area contributed by atoms with Crippen LogP contribution in [0.2, 0.25) is 0 Å². The van der Waals surface area contributed by atoms with Crippen molar-refractivity contribution in [3.8, 4) is 0 Å². The van der Waals surface area contributed by atoms with Crippen molar-refractivity contribution in [3.05, 3.63) is 29.0 Å². The first-order valence-electron chi connectivity index (χ1n) is 5.02. The number of aliphatic hydroxyl groups is 2. The summed E-state index contributed by atoms with van der Waals surface area (Å²) >= 11 is 4.81. The Balaban J connectivity index is 2.28. The lowest BCUT2D eigenvalue weighted by molar-refractivity contribution is 0.113. The highest BCUT2D eigenvalue weighted by molar-refractivity contribution is 9.10. The average Bonchev–Trinajstić information content (AvgIpc) is 2.35. The Morgan fingerprint density at radius 3 is 3.00 bits per heavy atom. The van der Waals surface area contributed by atoms with Crippen LogP contribution in [-0.2, 0) is 0 Å². The van der Waals surface area contributed by atoms with Gasteiger partial charge in [-0.15, -0.1) is 11.8 Å². The molecule has 2 aromatic rings. The maximum Gasteiger partial charge on any atom is 0.102 e. The minimum absolute atomic E-state index is 0.227. The van der Waals surface area contributed by atoms with Gasteiger partial charge < -0.3 is 10.2 Å². The molecule has 2 heterocycles. The highest BCUT2D eigenvalue weighted by Gasteiger charge is 2.07. The first kappa shape index (κ1) is 12.8. The van der Waals surface area contributed by atoms with E-state index in [0.717, 1.165) is 20.4 Å². The molecule has 0 aliphatic carbocycles. The Kier molecular flexibility index (Phi) is 4.33. The lowest BCUT2D eigenvalue weighted by atomic mass is 10.3. The molecule has 2 rings (SSSR count). The lowest BCUT2D eigenvalue weighted by Crippen LogP contribution is -2.14. The number of aliphatic hydroxyl groups excluding tert-OH is 2. The minimum atomic E-state index is -0.710. The molecule has 0 radical (unpaired) electrons. The zero-order valence-corrected chi connectivity index (χ0v) is 11.3. The standard InChI is InChI=1S/C11H11BrN2O2S/c12-7-3-9-11(14-4-7)10(1-2-13-9)17-6-8(16)5-15/h1-4,8,15-16H,5-6H2. The molecule has 0 bridgehead atoms. The van der Waals surface area contributed by atoms with E-state index >= 15 is 0 Å². The topological polar surface area (TPSA) is 66.2 Å². The number of aromatic nitrogens is 2. The molecule has 17 heavy (non-hydrogen) atoms. The number of pyridine rings is 2. The third-order valence-corrected chi connectivity index (χ3v) is 3.77. The van der Waals surface area contributed by atoms with Crippen LogP contribution in [0.15, 0.2) is 33.9 Å². The van der Waals surface area contributed by atoms with Gasteiger partial charge in [0.25, 0.3) is 0 Å². The highest BCUT2D eigenvalue weighted by atomic mass is 79.9. The molecule has 1 atom stereocenters. The monoisotopic (exact) mass is 314 g/mol. The van der Waals surface area contributed by atoms with E-state index in [-0.39, 0.29) is 6.61 Å². The number of hydrogen-bond acceptors (Lipinski definition) is 5. The lowest BCUT2D eigenvalue weighted by Gasteiger charge is -2.08. The first-order valence-corrected chi connectivity index (χ1v) is 6.80. The summed E-state index contributed by atoms with van der Waals surface area (Å²) in [6.45, 7) is -0.227. The van der Waals surface area contributed by atoms with Gasteiger partial charge in [-0.25, -0.2) is 0 Å². The second-order valence-corrected chi connectivity index (χ2v) is 5.46. The summed E-state index contributed by atoms with van der Waals surface area (Å²) in [4.78, 5) is 9.50. The van der Waals surface area contributed by atoms with Crippen molar-refractivity contribution in [2.75, 3.05) is 12.4 Å². The summed E-state index contributed by atoms with van der Waals surface area (Å²) < 4.78 is 0.884. The van der Waals surface area contributed by atoms with Gasteiger partial charge in [0.2, 0.25) is 0 Å². The highest BCUT2D eigenvalue weighted by Crippen LogP contribution is 2.26. The fraction of sp³-hybridized carbons (Fsp3) is 0.273. The van der Waals surface area contributed by atoms with Crippen LogP contribution in [0.1, 0.15) is 0 Å². The van der Waals surface area contributed by atoms with E-state index in [0.29, 0.717) is 5.75 Å². The minimum Gasteiger partial charge on any atom is -0.394 e. The quantitative estimate of drug-likeness (QED) is 0.843. The van der Waals surface area contributed by atoms with Crippen molar-refractivity contribution in [2.24, 2.45) is 0 Å². The summed E-state index contributed by atoms with van der Waals surface area (Å²) in [5.41, 5.74) is 1.62. The van der Waals surface area contributed by atoms with Gasteiger partial charge in [-0.2, -0.15) is 0 Å². The molecule has 0 saturated carbocycles. The number of nitrogens with zero attached hydrogens (tertiary/aromatic N) is 2. The smallest absolute Gasteiger partial charge is 0.102 e. The fourth-order valence-corrected chi connectivity index (χ4v) is 2.58. The van der Waals surface area contributed by atoms with Gasteiger partial charge in [-0.05, 0) is 28.1 Å². The van der Waals surface area contributed by atoms with Crippen molar-refractivity contribution >= 4 is 38.7 Å². The average molecular weight is 315 g/mol. The predicted molar refractivity (Wildman–Crippen MR) is 71.1 cm³/mol. The van der Waals surface area contributed by atoms with E-state index in [1.54, 1.807) is 12.4 Å². The van der Waals surface area contributed by atoms with E-state index in [9.17, 15) is 5.11 Å². The Bertz CT molecular complexity index is 524. The van der Waals surface area contributed by atoms with Crippen molar-refractivity contribution in [3.63, 3.8) is 0 Å². The van der Waals surface area contributed by atoms with Gasteiger partial charge in [0, 0.05) is 27.5 Å². The Labute approximate surface area is 111 Å². The molecule has 0 aliphatic heterocycles. The number of fused-ring (bicyclic) bond motifs is 1. The number of thioether (sulfide) groups is 1. The van der Waals surface area contributed by atoms with Crippen molar-refractivity contribution in [1.29, 1.82) is 0 Å². The van der Waals surface area contributed by atoms with Gasteiger partial charge in [0.05, 0.1) is 18.2 Å². The molecule has 0 spiro atoms. The van der Waals surface area contributed by atoms with Crippen molar-refractivity contribution in [2.45, 2.75) is 11.0 Å². The van der Waals surface area contributed by atoms with Gasteiger partial charge in [0.15, 0.2) is 0 Å². The van der Waals surface area contributed by atoms with Crippen LogP contribution in [-0.4, -0.2) is 38.6 Å². The van der Waals surface area contributed by atoms with Crippen LogP contribution in [0.5, 0.6) is 0 Å². The molecule has 2 N–H and O–H groups in total. The molecule has 0 fully saturated rings. The summed E-state index contributed by atoms with van der Waals surface area (Å²) in [6.07, 6.45) is 2.72. The Hall–Kier alpha value is -0.690. The summed E-state index contributed by atoms with van der Waals surface area (Å²) in [6, 6.07) is 3.76. The molecule has 0 saturated heterocycles. The molecular weight excluding hydrogens is 304 g/mol. The van der Waals surface area contributed by atoms with Crippen LogP contribution < -0.4 is 0 Å². The molecule has 90 valence electrons. The first-order chi connectivity index (χ1) is 8.20. The van der Waals surface area contributed by atoms with Crippen LogP contribution in [0.4, 0.5) is 0 Å². The molecule has 0 amide bonds. The summed E-state index contributed by atoms with van der Waals surface area (Å²) in [7, 11) is 0. The second-order valence-electron chi connectivity index (χ2n) is 3.48. The third kappa shape index (κ3) is 3.16. The largest absolute Gasteiger partial charge is 0.394 e. The Morgan fingerprint density at radius 1 is 1.41 bits per heavy atom. The van der Waals surface area contributed by atoms with Gasteiger partial charge in [-0.3, -0.25) is 9.97 Å². The molecule has 2 aromatic heterocycles. The number of rotatable bonds is 4. The summed E-state index contributed by atoms with van der Waals surface area (Å²) in [5, 5.41) is 18.1. The molecule has 0 aliphatic rings. The van der Waals surface area contributed by atoms with Crippen LogP contribution in [0, 0.1) is 0 Å². The zero-order chi connectivity index (χ0) is 12.3. The maximum atomic E-state index is 9.32. The van der Waals surface area contributed by atoms with Gasteiger partial charge in [0.1, 0.15) is 5.52 Å². The van der Waals surface area contributed by atoms with E-state index < -0.39 is 6.10 Å². The normalized spacial score (nSPS) is 12.9. The van der Waals surface area contributed by atoms with Crippen molar-refractivity contribution < 1.29 is 10.2 Å². The molecule has 4 nitrogen and oxygen atoms in total. The maximum absolute atomic E-state index is 9.32. The fourth-order valence-electron chi connectivity index (χ4n) is 1.34. The van der Waals surface area contributed by atoms with Crippen LogP contribution in [0.25, 0.3) is 11.0 Å². The van der Waals surface area contributed by atoms with Gasteiger partial charge >= 0.3 is 0 Å². The Morgan fingerprint density at radius 2 is 2.24 bits per heavy atom. The van der Waals surface area contributed by atoms with E-state index in [1.165, 1.54) is 11.8 Å². The molecular formula is C11H11BrN2O2S. The van der Waals surface area contributed by atoms with Crippen LogP contribution >= 0.6 is 27.7 Å². The van der Waals surface area contributed by atoms with E-state index in [4.69, 9.17) is 5.11 Å². The van der Waals surface area contributed by atoms with Gasteiger partial charge in [-0.1, -0.05) is 0 Å².